The first-order chi connectivity index (χ1) is 14.3. The fourth-order valence-electron chi connectivity index (χ4n) is 3.81. The van der Waals surface area contributed by atoms with Gasteiger partial charge in [-0.2, -0.15) is 0 Å². The summed E-state index contributed by atoms with van der Waals surface area (Å²) in [7, 11) is -1.39. The maximum absolute atomic E-state index is 14.1. The second-order valence-electron chi connectivity index (χ2n) is 6.89. The van der Waals surface area contributed by atoms with Crippen LogP contribution in [-0.4, -0.2) is 22.6 Å². The van der Waals surface area contributed by atoms with Gasteiger partial charge in [-0.1, -0.05) is 6.07 Å². The summed E-state index contributed by atoms with van der Waals surface area (Å²) >= 11 is 0. The third-order valence-corrected chi connectivity index (χ3v) is 7.13. The maximum Gasteiger partial charge on any atom is 0.268 e. The summed E-state index contributed by atoms with van der Waals surface area (Å²) in [6.07, 6.45) is 0. The number of hydrogen-bond donors (Lipinski definition) is 0. The highest BCUT2D eigenvalue weighted by atomic mass is 32.2. The number of sulfonamides is 1. The average Bonchev–Trinajstić information content (AvgIpc) is 2.73. The van der Waals surface area contributed by atoms with Crippen LogP contribution in [0.2, 0.25) is 0 Å². The predicted octanol–water partition coefficient (Wildman–Crippen LogP) is 4.92. The van der Waals surface area contributed by atoms with Crippen molar-refractivity contribution in [2.24, 2.45) is 0 Å². The lowest BCUT2D eigenvalue weighted by Gasteiger charge is -2.37. The quantitative estimate of drug-likeness (QED) is 0.589. The zero-order chi connectivity index (χ0) is 21.6. The van der Waals surface area contributed by atoms with E-state index in [1.807, 2.05) is 0 Å². The minimum Gasteiger partial charge on any atom is -0.497 e. The molecule has 0 bridgehead atoms. The molecule has 1 aliphatic heterocycles. The molecule has 0 fully saturated rings. The number of fused-ring (bicyclic) bond motifs is 3. The summed E-state index contributed by atoms with van der Waals surface area (Å²) in [5.74, 6) is -0.542. The van der Waals surface area contributed by atoms with Gasteiger partial charge >= 0.3 is 0 Å². The van der Waals surface area contributed by atoms with E-state index in [9.17, 15) is 17.2 Å². The normalized spacial score (nSPS) is 15.4. The average molecular weight is 431 g/mol. The van der Waals surface area contributed by atoms with E-state index in [4.69, 9.17) is 9.47 Å². The van der Waals surface area contributed by atoms with Crippen LogP contribution in [0.3, 0.4) is 0 Å². The zero-order valence-corrected chi connectivity index (χ0v) is 17.3. The Hall–Kier alpha value is -3.13. The van der Waals surface area contributed by atoms with E-state index < -0.39 is 27.7 Å². The number of hydrogen-bond acceptors (Lipinski definition) is 4. The second kappa shape index (κ2) is 7.28. The predicted molar refractivity (Wildman–Crippen MR) is 109 cm³/mol. The van der Waals surface area contributed by atoms with Crippen LogP contribution in [-0.2, 0) is 10.0 Å². The number of anilines is 1. The van der Waals surface area contributed by atoms with Gasteiger partial charge in [0.15, 0.2) is 0 Å². The molecule has 30 heavy (non-hydrogen) atoms. The zero-order valence-electron chi connectivity index (χ0n) is 16.5. The van der Waals surface area contributed by atoms with Gasteiger partial charge in [-0.3, -0.25) is 4.31 Å². The number of ether oxygens (including phenoxy) is 2. The second-order valence-corrected chi connectivity index (χ2v) is 8.67. The molecule has 1 aliphatic rings. The monoisotopic (exact) mass is 431 g/mol. The van der Waals surface area contributed by atoms with Crippen molar-refractivity contribution in [1.82, 2.24) is 0 Å². The molecule has 1 atom stereocenters. The lowest BCUT2D eigenvalue weighted by Crippen LogP contribution is -2.36. The molecule has 4 rings (SSSR count). The standard InChI is InChI=1S/C22H19F2NO4S/c1-13-19-10-14(23)4-7-17(19)18-8-5-15(24)11-20(18)25(13)30(26,27)22-9-6-16(28-2)12-21(22)29-3/h4-13H,1-3H3. The van der Waals surface area contributed by atoms with Crippen LogP contribution in [0.15, 0.2) is 59.5 Å². The summed E-state index contributed by atoms with van der Waals surface area (Å²) < 4.78 is 67.1. The molecular weight excluding hydrogens is 412 g/mol. The van der Waals surface area contributed by atoms with Crippen molar-refractivity contribution in [1.29, 1.82) is 0 Å². The van der Waals surface area contributed by atoms with Crippen LogP contribution >= 0.6 is 0 Å². The first-order valence-corrected chi connectivity index (χ1v) is 10.6. The van der Waals surface area contributed by atoms with E-state index in [1.54, 1.807) is 13.0 Å². The minimum atomic E-state index is -4.20. The summed E-state index contributed by atoms with van der Waals surface area (Å²) in [4.78, 5) is -0.104. The fraction of sp³-hybridized carbons (Fsp3) is 0.182. The molecule has 0 saturated heterocycles. The van der Waals surface area contributed by atoms with Crippen molar-refractivity contribution in [2.45, 2.75) is 17.9 Å². The molecule has 0 aliphatic carbocycles. The van der Waals surface area contributed by atoms with Gasteiger partial charge in [0.1, 0.15) is 28.0 Å². The third-order valence-electron chi connectivity index (χ3n) is 5.21. The van der Waals surface area contributed by atoms with Gasteiger partial charge in [-0.05, 0) is 60.5 Å². The Kier molecular flexibility index (Phi) is 4.89. The van der Waals surface area contributed by atoms with Gasteiger partial charge in [-0.15, -0.1) is 0 Å². The molecule has 0 N–H and O–H groups in total. The summed E-state index contributed by atoms with van der Waals surface area (Å²) in [6, 6.07) is 11.7. The highest BCUT2D eigenvalue weighted by Crippen LogP contribution is 2.48. The maximum atomic E-state index is 14.1. The van der Waals surface area contributed by atoms with Gasteiger partial charge in [0.25, 0.3) is 10.0 Å². The Bertz CT molecular complexity index is 1240. The van der Waals surface area contributed by atoms with Crippen molar-refractivity contribution in [3.05, 3.63) is 71.8 Å². The van der Waals surface area contributed by atoms with E-state index in [2.05, 4.69) is 0 Å². The third kappa shape index (κ3) is 3.08. The molecule has 156 valence electrons. The molecule has 0 saturated carbocycles. The van der Waals surface area contributed by atoms with E-state index in [0.717, 1.165) is 4.31 Å². The van der Waals surface area contributed by atoms with E-state index >= 15 is 0 Å². The van der Waals surface area contributed by atoms with Gasteiger partial charge < -0.3 is 9.47 Å². The van der Waals surface area contributed by atoms with Crippen LogP contribution in [0.4, 0.5) is 14.5 Å². The highest BCUT2D eigenvalue weighted by molar-refractivity contribution is 7.93. The smallest absolute Gasteiger partial charge is 0.268 e. The van der Waals surface area contributed by atoms with Gasteiger partial charge in [0.05, 0.1) is 25.9 Å². The summed E-state index contributed by atoms with van der Waals surface area (Å²) in [5, 5.41) is 0. The van der Waals surface area contributed by atoms with Crippen LogP contribution in [0.25, 0.3) is 11.1 Å². The number of halogens is 2. The van der Waals surface area contributed by atoms with Gasteiger partial charge in [0.2, 0.25) is 0 Å². The molecule has 0 amide bonds. The first kappa shape index (κ1) is 20.2. The molecule has 1 heterocycles. The number of nitrogens with zero attached hydrogens (tertiary/aromatic N) is 1. The van der Waals surface area contributed by atoms with Gasteiger partial charge in [-0.25, -0.2) is 17.2 Å². The van der Waals surface area contributed by atoms with Gasteiger partial charge in [0, 0.05) is 11.6 Å². The number of rotatable bonds is 4. The summed E-state index contributed by atoms with van der Waals surface area (Å²) in [6.45, 7) is 1.64. The molecule has 5 nitrogen and oxygen atoms in total. The Labute approximate surface area is 173 Å². The molecule has 3 aromatic carbocycles. The molecule has 8 heteroatoms. The summed E-state index contributed by atoms with van der Waals surface area (Å²) in [5.41, 5.74) is 1.83. The van der Waals surface area contributed by atoms with Crippen LogP contribution in [0.5, 0.6) is 11.5 Å². The van der Waals surface area contributed by atoms with E-state index in [0.29, 0.717) is 22.4 Å². The van der Waals surface area contributed by atoms with Crippen LogP contribution in [0.1, 0.15) is 18.5 Å². The Morgan fingerprint density at radius 3 is 2.20 bits per heavy atom. The lowest BCUT2D eigenvalue weighted by molar-refractivity contribution is 0.386. The van der Waals surface area contributed by atoms with E-state index in [1.165, 1.54) is 62.8 Å². The minimum absolute atomic E-state index is 0.0875. The Morgan fingerprint density at radius 1 is 0.867 bits per heavy atom. The van der Waals surface area contributed by atoms with E-state index in [-0.39, 0.29) is 16.3 Å². The lowest BCUT2D eigenvalue weighted by atomic mass is 9.90. The molecule has 3 aromatic rings. The number of methoxy groups -OCH3 is 2. The molecule has 0 spiro atoms. The highest BCUT2D eigenvalue weighted by Gasteiger charge is 2.38. The SMILES string of the molecule is COc1ccc(S(=O)(=O)N2c3cc(F)ccc3-c3ccc(F)cc3C2C)c(OC)c1. The molecular formula is C22H19F2NO4S. The van der Waals surface area contributed by atoms with Crippen LogP contribution in [0, 0.1) is 11.6 Å². The van der Waals surface area contributed by atoms with Crippen molar-refractivity contribution in [3.63, 3.8) is 0 Å². The molecule has 0 radical (unpaired) electrons. The fourth-order valence-corrected chi connectivity index (χ4v) is 5.59. The van der Waals surface area contributed by atoms with Crippen molar-refractivity contribution >= 4 is 15.7 Å². The largest absolute Gasteiger partial charge is 0.497 e. The molecule has 0 aromatic heterocycles. The topological polar surface area (TPSA) is 55.8 Å². The van der Waals surface area contributed by atoms with Crippen molar-refractivity contribution in [2.75, 3.05) is 18.5 Å². The van der Waals surface area contributed by atoms with Crippen molar-refractivity contribution in [3.8, 4) is 22.6 Å². The first-order valence-electron chi connectivity index (χ1n) is 9.13. The Balaban J connectivity index is 1.98. The Morgan fingerprint density at radius 2 is 1.53 bits per heavy atom. The number of benzene rings is 3. The molecule has 1 unspecified atom stereocenters. The van der Waals surface area contributed by atoms with Crippen LogP contribution < -0.4 is 13.8 Å². The van der Waals surface area contributed by atoms with Crippen molar-refractivity contribution < 1.29 is 26.7 Å².